The first-order chi connectivity index (χ1) is 12.3. The minimum absolute atomic E-state index is 0.263. The molecule has 0 radical (unpaired) electrons. The molecule has 1 aliphatic rings. The lowest BCUT2D eigenvalue weighted by Crippen LogP contribution is -2.38. The highest BCUT2D eigenvalue weighted by molar-refractivity contribution is 7.88. The molecular formula is C18H16ClN3O3S. The Morgan fingerprint density at radius 1 is 1.27 bits per heavy atom. The normalized spacial score (nSPS) is 18.1. The summed E-state index contributed by atoms with van der Waals surface area (Å²) in [6, 6.07) is 10.6. The molecule has 4 rings (SSSR count). The number of hydrogen-bond donors (Lipinski definition) is 1. The number of aryl methyl sites for hydroxylation is 1. The van der Waals surface area contributed by atoms with Gasteiger partial charge in [0, 0.05) is 10.9 Å². The molecule has 0 fully saturated rings. The van der Waals surface area contributed by atoms with E-state index in [1.54, 1.807) is 18.2 Å². The van der Waals surface area contributed by atoms with Gasteiger partial charge >= 0.3 is 0 Å². The molecular weight excluding hydrogens is 374 g/mol. The second kappa shape index (κ2) is 6.12. The van der Waals surface area contributed by atoms with Crippen molar-refractivity contribution in [3.63, 3.8) is 0 Å². The number of nitrogens with zero attached hydrogens (tertiary/aromatic N) is 2. The number of rotatable bonds is 3. The van der Waals surface area contributed by atoms with Crippen molar-refractivity contribution in [1.82, 2.24) is 14.8 Å². The molecule has 26 heavy (non-hydrogen) atoms. The molecule has 2 aromatic heterocycles. The van der Waals surface area contributed by atoms with Crippen LogP contribution < -0.4 is 5.43 Å². The van der Waals surface area contributed by atoms with Crippen molar-refractivity contribution in [3.8, 4) is 0 Å². The molecule has 6 nitrogen and oxygen atoms in total. The fourth-order valence-electron chi connectivity index (χ4n) is 3.02. The van der Waals surface area contributed by atoms with Crippen LogP contribution in [0.5, 0.6) is 0 Å². The van der Waals surface area contributed by atoms with Gasteiger partial charge in [-0.3, -0.25) is 0 Å². The molecule has 134 valence electrons. The third-order valence-corrected chi connectivity index (χ3v) is 5.56. The Hall–Kier alpha value is -2.35. The Morgan fingerprint density at radius 3 is 2.77 bits per heavy atom. The predicted octanol–water partition coefficient (Wildman–Crippen LogP) is 3.65. The van der Waals surface area contributed by atoms with E-state index >= 15 is 0 Å². The van der Waals surface area contributed by atoms with Gasteiger partial charge in [-0.25, -0.2) is 13.4 Å². The Morgan fingerprint density at radius 2 is 2.08 bits per heavy atom. The molecule has 0 bridgehead atoms. The number of hydrogen-bond acceptors (Lipinski definition) is 5. The van der Waals surface area contributed by atoms with E-state index in [1.165, 1.54) is 6.26 Å². The van der Waals surface area contributed by atoms with Crippen LogP contribution in [0.15, 0.2) is 53.2 Å². The number of furan rings is 1. The third-order valence-electron chi connectivity index (χ3n) is 4.22. The lowest BCUT2D eigenvalue weighted by atomic mass is 10.0. The summed E-state index contributed by atoms with van der Waals surface area (Å²) < 4.78 is 31.1. The minimum Gasteiger partial charge on any atom is -0.463 e. The summed E-state index contributed by atoms with van der Waals surface area (Å²) in [5.41, 5.74) is 5.90. The Bertz CT molecular complexity index is 1120. The van der Waals surface area contributed by atoms with Gasteiger partial charge in [-0.05, 0) is 43.3 Å². The third kappa shape index (κ3) is 2.98. The van der Waals surface area contributed by atoms with Gasteiger partial charge in [-0.15, -0.1) is 4.41 Å². The van der Waals surface area contributed by atoms with Crippen molar-refractivity contribution in [2.45, 2.75) is 13.0 Å². The zero-order valence-corrected chi connectivity index (χ0v) is 15.7. The van der Waals surface area contributed by atoms with Gasteiger partial charge in [0.25, 0.3) is 0 Å². The van der Waals surface area contributed by atoms with E-state index in [2.05, 4.69) is 10.4 Å². The fourth-order valence-corrected chi connectivity index (χ4v) is 4.13. The van der Waals surface area contributed by atoms with Crippen molar-refractivity contribution in [1.29, 1.82) is 0 Å². The molecule has 0 spiro atoms. The quantitative estimate of drug-likeness (QED) is 0.692. The number of pyridine rings is 1. The first-order valence-corrected chi connectivity index (χ1v) is 10.1. The molecule has 0 aliphatic carbocycles. The Kier molecular flexibility index (Phi) is 4.02. The van der Waals surface area contributed by atoms with E-state index in [-0.39, 0.29) is 5.15 Å². The summed E-state index contributed by atoms with van der Waals surface area (Å²) in [6.07, 6.45) is 4.44. The molecule has 8 heteroatoms. The van der Waals surface area contributed by atoms with E-state index in [9.17, 15) is 8.42 Å². The van der Waals surface area contributed by atoms with Gasteiger partial charge in [0.1, 0.15) is 5.15 Å². The molecule has 0 unspecified atom stereocenters. The summed E-state index contributed by atoms with van der Waals surface area (Å²) in [7, 11) is -3.56. The number of halogens is 1. The lowest BCUT2D eigenvalue weighted by molar-refractivity contribution is 0.349. The van der Waals surface area contributed by atoms with Gasteiger partial charge in [0.15, 0.2) is 5.76 Å². The maximum Gasteiger partial charge on any atom is 0.228 e. The number of hydrazine groups is 1. The minimum atomic E-state index is -3.56. The van der Waals surface area contributed by atoms with E-state index in [1.807, 2.05) is 31.2 Å². The van der Waals surface area contributed by atoms with Crippen LogP contribution in [-0.2, 0) is 10.0 Å². The summed E-state index contributed by atoms with van der Waals surface area (Å²) >= 11 is 6.40. The van der Waals surface area contributed by atoms with Gasteiger partial charge in [-0.2, -0.15) is 0 Å². The summed E-state index contributed by atoms with van der Waals surface area (Å²) in [6.45, 7) is 1.99. The van der Waals surface area contributed by atoms with Gasteiger partial charge < -0.3 is 9.84 Å². The molecule has 1 aromatic carbocycles. The second-order valence-electron chi connectivity index (χ2n) is 6.24. The number of benzene rings is 1. The van der Waals surface area contributed by atoms with Crippen molar-refractivity contribution in [2.75, 3.05) is 6.26 Å². The molecule has 0 saturated heterocycles. The first-order valence-electron chi connectivity index (χ1n) is 7.91. The van der Waals surface area contributed by atoms with Crippen molar-refractivity contribution in [2.24, 2.45) is 0 Å². The van der Waals surface area contributed by atoms with Crippen molar-refractivity contribution in [3.05, 3.63) is 70.8 Å². The molecule has 3 aromatic rings. The van der Waals surface area contributed by atoms with E-state index in [0.29, 0.717) is 17.0 Å². The van der Waals surface area contributed by atoms with Crippen LogP contribution in [0.2, 0.25) is 5.15 Å². The van der Waals surface area contributed by atoms with E-state index in [4.69, 9.17) is 16.0 Å². The molecule has 1 N–H and O–H groups in total. The number of nitrogens with one attached hydrogen (secondary N) is 1. The molecule has 1 atom stereocenters. The highest BCUT2D eigenvalue weighted by Crippen LogP contribution is 2.37. The maximum atomic E-state index is 12.3. The second-order valence-corrected chi connectivity index (χ2v) is 8.46. The molecule has 1 aliphatic heterocycles. The van der Waals surface area contributed by atoms with Gasteiger partial charge in [0.2, 0.25) is 10.0 Å². The van der Waals surface area contributed by atoms with Crippen LogP contribution in [0.1, 0.15) is 22.9 Å². The summed E-state index contributed by atoms with van der Waals surface area (Å²) in [5, 5.41) is 1.16. The zero-order chi connectivity index (χ0) is 18.5. The standard InChI is InChI=1S/C18H16ClN3O3S/c1-11-5-6-14-12(8-11)9-13(18(19)20-14)16-10-15(17-4-3-7-25-17)21-22(16)26(2,23)24/h3-10,16,21H,1-2H3/t16-/m0/s1. The highest BCUT2D eigenvalue weighted by Gasteiger charge is 2.35. The van der Waals surface area contributed by atoms with E-state index in [0.717, 1.165) is 27.1 Å². The monoisotopic (exact) mass is 389 g/mol. The smallest absolute Gasteiger partial charge is 0.228 e. The van der Waals surface area contributed by atoms with Gasteiger partial charge in [0.05, 0.1) is 29.8 Å². The number of fused-ring (bicyclic) bond motifs is 1. The van der Waals surface area contributed by atoms with Crippen LogP contribution in [0.25, 0.3) is 16.6 Å². The predicted molar refractivity (Wildman–Crippen MR) is 101 cm³/mol. The van der Waals surface area contributed by atoms with E-state index < -0.39 is 16.1 Å². The lowest BCUT2D eigenvalue weighted by Gasteiger charge is -2.23. The topological polar surface area (TPSA) is 75.4 Å². The SMILES string of the molecule is Cc1ccc2nc(Cl)c([C@@H]3C=C(c4ccco4)NN3S(C)(=O)=O)cc2c1. The summed E-state index contributed by atoms with van der Waals surface area (Å²) in [5.74, 6) is 0.543. The Labute approximate surface area is 156 Å². The molecule has 3 heterocycles. The van der Waals surface area contributed by atoms with Crippen LogP contribution >= 0.6 is 11.6 Å². The number of sulfonamides is 1. The van der Waals surface area contributed by atoms with Gasteiger partial charge in [-0.1, -0.05) is 23.2 Å². The average Bonchev–Trinajstić information content (AvgIpc) is 3.23. The van der Waals surface area contributed by atoms with Crippen LogP contribution in [0.4, 0.5) is 0 Å². The fraction of sp³-hybridized carbons (Fsp3) is 0.167. The number of aromatic nitrogens is 1. The van der Waals surface area contributed by atoms with Crippen molar-refractivity contribution < 1.29 is 12.8 Å². The maximum absolute atomic E-state index is 12.3. The van der Waals surface area contributed by atoms with Crippen LogP contribution in [0, 0.1) is 6.92 Å². The van der Waals surface area contributed by atoms with Crippen LogP contribution in [-0.4, -0.2) is 24.1 Å². The highest BCUT2D eigenvalue weighted by atomic mass is 35.5. The molecule has 0 amide bonds. The first kappa shape index (κ1) is 17.1. The molecule has 0 saturated carbocycles. The Balaban J connectivity index is 1.87. The largest absolute Gasteiger partial charge is 0.463 e. The average molecular weight is 390 g/mol. The van der Waals surface area contributed by atoms with Crippen LogP contribution in [0.3, 0.4) is 0 Å². The van der Waals surface area contributed by atoms with Crippen molar-refractivity contribution >= 4 is 38.2 Å². The summed E-state index contributed by atoms with van der Waals surface area (Å²) in [4.78, 5) is 4.43. The zero-order valence-electron chi connectivity index (χ0n) is 14.1.